The van der Waals surface area contributed by atoms with E-state index in [1.165, 1.54) is 4.90 Å². The first-order valence-electron chi connectivity index (χ1n) is 6.29. The summed E-state index contributed by atoms with van der Waals surface area (Å²) in [5.74, 6) is -0.537. The number of amides is 1. The third kappa shape index (κ3) is 5.61. The van der Waals surface area contributed by atoms with Gasteiger partial charge in [-0.2, -0.15) is 0 Å². The average Bonchev–Trinajstić information content (AvgIpc) is 2.37. The molecule has 0 spiro atoms. The standard InChI is InChI=1S/C14H18BrNO4/c1-10(2)16(8-7-14(18)19)13(17)9-20-12-5-3-11(15)4-6-12/h3-6,10H,7-9H2,1-2H3,(H,18,19). The molecule has 1 N–H and O–H groups in total. The van der Waals surface area contributed by atoms with E-state index in [-0.39, 0.29) is 31.5 Å². The van der Waals surface area contributed by atoms with Crippen LogP contribution in [0.5, 0.6) is 5.75 Å². The summed E-state index contributed by atoms with van der Waals surface area (Å²) < 4.78 is 6.33. The Labute approximate surface area is 126 Å². The van der Waals surface area contributed by atoms with Gasteiger partial charge in [0, 0.05) is 17.1 Å². The smallest absolute Gasteiger partial charge is 0.305 e. The predicted molar refractivity (Wildman–Crippen MR) is 78.7 cm³/mol. The third-order valence-corrected chi connectivity index (χ3v) is 3.21. The van der Waals surface area contributed by atoms with Gasteiger partial charge in [-0.25, -0.2) is 0 Å². The minimum Gasteiger partial charge on any atom is -0.484 e. The Bertz CT molecular complexity index is 459. The highest BCUT2D eigenvalue weighted by Crippen LogP contribution is 2.16. The van der Waals surface area contributed by atoms with Gasteiger partial charge in [0.1, 0.15) is 5.75 Å². The van der Waals surface area contributed by atoms with Crippen LogP contribution in [0, 0.1) is 0 Å². The molecular formula is C14H18BrNO4. The molecule has 0 saturated heterocycles. The number of nitrogens with zero attached hydrogens (tertiary/aromatic N) is 1. The molecule has 5 nitrogen and oxygen atoms in total. The van der Waals surface area contributed by atoms with Crippen molar-refractivity contribution in [3.8, 4) is 5.75 Å². The van der Waals surface area contributed by atoms with Gasteiger partial charge in [0.15, 0.2) is 6.61 Å². The van der Waals surface area contributed by atoms with Crippen LogP contribution in [-0.2, 0) is 9.59 Å². The van der Waals surface area contributed by atoms with Crippen LogP contribution in [0.25, 0.3) is 0 Å². The van der Waals surface area contributed by atoms with Crippen molar-refractivity contribution < 1.29 is 19.4 Å². The first kappa shape index (κ1) is 16.5. The maximum Gasteiger partial charge on any atom is 0.305 e. The molecule has 20 heavy (non-hydrogen) atoms. The Kier molecular flexibility index (Phi) is 6.51. The highest BCUT2D eigenvalue weighted by molar-refractivity contribution is 9.10. The quantitative estimate of drug-likeness (QED) is 0.826. The lowest BCUT2D eigenvalue weighted by Gasteiger charge is -2.26. The van der Waals surface area contributed by atoms with Gasteiger partial charge in [-0.3, -0.25) is 9.59 Å². The highest BCUT2D eigenvalue weighted by atomic mass is 79.9. The summed E-state index contributed by atoms with van der Waals surface area (Å²) in [5, 5.41) is 8.69. The van der Waals surface area contributed by atoms with Gasteiger partial charge >= 0.3 is 5.97 Å². The topological polar surface area (TPSA) is 66.8 Å². The molecule has 0 unspecified atom stereocenters. The monoisotopic (exact) mass is 343 g/mol. The predicted octanol–water partition coefficient (Wildman–Crippen LogP) is 2.54. The number of rotatable bonds is 7. The Morgan fingerprint density at radius 2 is 1.90 bits per heavy atom. The van der Waals surface area contributed by atoms with Crippen molar-refractivity contribution in [2.75, 3.05) is 13.2 Å². The number of halogens is 1. The minimum atomic E-state index is -0.919. The summed E-state index contributed by atoms with van der Waals surface area (Å²) in [4.78, 5) is 24.1. The Hall–Kier alpha value is -1.56. The number of carbonyl (C=O) groups is 2. The molecule has 110 valence electrons. The molecule has 0 radical (unpaired) electrons. The molecule has 1 rings (SSSR count). The molecule has 6 heteroatoms. The van der Waals surface area contributed by atoms with E-state index in [2.05, 4.69) is 15.9 Å². The van der Waals surface area contributed by atoms with Gasteiger partial charge in [0.2, 0.25) is 0 Å². The van der Waals surface area contributed by atoms with E-state index in [9.17, 15) is 9.59 Å². The zero-order valence-electron chi connectivity index (χ0n) is 11.5. The lowest BCUT2D eigenvalue weighted by atomic mass is 10.2. The zero-order valence-corrected chi connectivity index (χ0v) is 13.1. The van der Waals surface area contributed by atoms with Crippen molar-refractivity contribution in [1.82, 2.24) is 4.90 Å². The van der Waals surface area contributed by atoms with Crippen molar-refractivity contribution in [2.45, 2.75) is 26.3 Å². The van der Waals surface area contributed by atoms with Gasteiger partial charge in [0.25, 0.3) is 5.91 Å². The van der Waals surface area contributed by atoms with E-state index in [0.29, 0.717) is 5.75 Å². The molecule has 0 heterocycles. The second kappa shape index (κ2) is 7.89. The van der Waals surface area contributed by atoms with Gasteiger partial charge < -0.3 is 14.7 Å². The molecule has 0 aliphatic rings. The number of aliphatic carboxylic acids is 1. The minimum absolute atomic E-state index is 0.0598. The van der Waals surface area contributed by atoms with Crippen LogP contribution in [0.15, 0.2) is 28.7 Å². The number of carboxylic acid groups (broad SMARTS) is 1. The summed E-state index contributed by atoms with van der Waals surface area (Å²) in [6.45, 7) is 3.79. The number of hydrogen-bond acceptors (Lipinski definition) is 3. The molecule has 0 saturated carbocycles. The fourth-order valence-corrected chi connectivity index (χ4v) is 1.91. The number of ether oxygens (including phenoxy) is 1. The summed E-state index contributed by atoms with van der Waals surface area (Å²) >= 11 is 3.32. The SMILES string of the molecule is CC(C)N(CCC(=O)O)C(=O)COc1ccc(Br)cc1. The molecule has 0 aliphatic heterocycles. The normalized spacial score (nSPS) is 10.4. The van der Waals surface area contributed by atoms with Crippen LogP contribution in [0.1, 0.15) is 20.3 Å². The molecule has 1 aromatic carbocycles. The molecule has 1 aromatic rings. The van der Waals surface area contributed by atoms with E-state index in [0.717, 1.165) is 4.47 Å². The van der Waals surface area contributed by atoms with E-state index in [4.69, 9.17) is 9.84 Å². The number of carboxylic acids is 1. The second-order valence-corrected chi connectivity index (χ2v) is 5.48. The van der Waals surface area contributed by atoms with E-state index in [1.807, 2.05) is 26.0 Å². The maximum atomic E-state index is 12.0. The Balaban J connectivity index is 2.53. The number of benzene rings is 1. The lowest BCUT2D eigenvalue weighted by Crippen LogP contribution is -2.41. The molecule has 0 bridgehead atoms. The van der Waals surface area contributed by atoms with Crippen molar-refractivity contribution in [2.24, 2.45) is 0 Å². The number of carbonyl (C=O) groups excluding carboxylic acids is 1. The van der Waals surface area contributed by atoms with Gasteiger partial charge in [-0.1, -0.05) is 15.9 Å². The second-order valence-electron chi connectivity index (χ2n) is 4.57. The Morgan fingerprint density at radius 1 is 1.30 bits per heavy atom. The molecule has 0 atom stereocenters. The van der Waals surface area contributed by atoms with Crippen molar-refractivity contribution in [1.29, 1.82) is 0 Å². The fourth-order valence-electron chi connectivity index (χ4n) is 1.65. The molecule has 1 amide bonds. The number of hydrogen-bond donors (Lipinski definition) is 1. The van der Waals surface area contributed by atoms with Crippen LogP contribution in [0.2, 0.25) is 0 Å². The first-order chi connectivity index (χ1) is 9.40. The molecule has 0 aromatic heterocycles. The van der Waals surface area contributed by atoms with Crippen molar-refractivity contribution in [3.05, 3.63) is 28.7 Å². The molecular weight excluding hydrogens is 326 g/mol. The maximum absolute atomic E-state index is 12.0. The van der Waals surface area contributed by atoms with E-state index in [1.54, 1.807) is 12.1 Å². The van der Waals surface area contributed by atoms with Crippen LogP contribution in [-0.4, -0.2) is 41.1 Å². The van der Waals surface area contributed by atoms with Crippen LogP contribution < -0.4 is 4.74 Å². The summed E-state index contributed by atoms with van der Waals surface area (Å²) in [7, 11) is 0. The summed E-state index contributed by atoms with van der Waals surface area (Å²) in [6.07, 6.45) is -0.0673. The van der Waals surface area contributed by atoms with Gasteiger partial charge in [-0.05, 0) is 38.1 Å². The molecule has 0 aliphatic carbocycles. The summed E-state index contributed by atoms with van der Waals surface area (Å²) in [6, 6.07) is 7.10. The van der Waals surface area contributed by atoms with Crippen LogP contribution in [0.4, 0.5) is 0 Å². The fraction of sp³-hybridized carbons (Fsp3) is 0.429. The van der Waals surface area contributed by atoms with Gasteiger partial charge in [0.05, 0.1) is 6.42 Å². The third-order valence-electron chi connectivity index (χ3n) is 2.69. The largest absolute Gasteiger partial charge is 0.484 e. The van der Waals surface area contributed by atoms with Crippen LogP contribution >= 0.6 is 15.9 Å². The molecule has 0 fully saturated rings. The van der Waals surface area contributed by atoms with Gasteiger partial charge in [-0.15, -0.1) is 0 Å². The van der Waals surface area contributed by atoms with Crippen molar-refractivity contribution in [3.63, 3.8) is 0 Å². The van der Waals surface area contributed by atoms with Crippen LogP contribution in [0.3, 0.4) is 0 Å². The van der Waals surface area contributed by atoms with Crippen molar-refractivity contribution >= 4 is 27.8 Å². The zero-order chi connectivity index (χ0) is 15.1. The average molecular weight is 344 g/mol. The van der Waals surface area contributed by atoms with E-state index >= 15 is 0 Å². The highest BCUT2D eigenvalue weighted by Gasteiger charge is 2.18. The lowest BCUT2D eigenvalue weighted by molar-refractivity contribution is -0.139. The van der Waals surface area contributed by atoms with E-state index < -0.39 is 5.97 Å². The summed E-state index contributed by atoms with van der Waals surface area (Å²) in [5.41, 5.74) is 0. The first-order valence-corrected chi connectivity index (χ1v) is 7.09. The Morgan fingerprint density at radius 3 is 2.40 bits per heavy atom.